The Balaban J connectivity index is 1.98. The predicted octanol–water partition coefficient (Wildman–Crippen LogP) is 3.20. The van der Waals surface area contributed by atoms with E-state index in [2.05, 4.69) is 26.6 Å². The first-order valence-corrected chi connectivity index (χ1v) is 6.97. The van der Waals surface area contributed by atoms with Crippen LogP contribution >= 0.6 is 15.9 Å². The van der Waals surface area contributed by atoms with Crippen LogP contribution in [-0.2, 0) is 4.79 Å². The molecule has 0 saturated heterocycles. The summed E-state index contributed by atoms with van der Waals surface area (Å²) < 4.78 is 0.907. The predicted molar refractivity (Wildman–Crippen MR) is 84.7 cm³/mol. The number of nitrogens with one attached hydrogen (secondary N) is 2. The molecule has 1 amide bonds. The fraction of sp³-hybridized carbons (Fsp3) is 0.0667. The van der Waals surface area contributed by atoms with Crippen molar-refractivity contribution in [1.82, 2.24) is 0 Å². The number of rotatable bonds is 5. The molecule has 2 aromatic rings. The lowest BCUT2D eigenvalue weighted by molar-refractivity contribution is -0.114. The molecule has 2 aromatic carbocycles. The van der Waals surface area contributed by atoms with Gasteiger partial charge in [-0.25, -0.2) is 4.79 Å². The Morgan fingerprint density at radius 2 is 1.86 bits per heavy atom. The number of carboxylic acid groups (broad SMARTS) is 1. The number of benzene rings is 2. The average molecular weight is 349 g/mol. The first kappa shape index (κ1) is 15.1. The third-order valence-electron chi connectivity index (χ3n) is 2.71. The zero-order valence-electron chi connectivity index (χ0n) is 11.0. The second-order valence-electron chi connectivity index (χ2n) is 4.26. The molecule has 5 nitrogen and oxygen atoms in total. The van der Waals surface area contributed by atoms with Gasteiger partial charge in [0, 0.05) is 10.2 Å². The molecule has 0 saturated carbocycles. The summed E-state index contributed by atoms with van der Waals surface area (Å²) in [6.45, 7) is 0.0460. The molecule has 0 atom stereocenters. The number of aromatic carboxylic acids is 1. The Kier molecular flexibility index (Phi) is 4.94. The molecule has 108 valence electrons. The molecule has 0 spiro atoms. The summed E-state index contributed by atoms with van der Waals surface area (Å²) in [4.78, 5) is 22.9. The Hall–Kier alpha value is -2.34. The number of halogens is 1. The molecule has 6 heteroatoms. The van der Waals surface area contributed by atoms with E-state index in [1.165, 1.54) is 6.07 Å². The lowest BCUT2D eigenvalue weighted by atomic mass is 10.2. The van der Waals surface area contributed by atoms with Gasteiger partial charge in [0.05, 0.1) is 17.8 Å². The normalized spacial score (nSPS) is 9.95. The second kappa shape index (κ2) is 6.90. The average Bonchev–Trinajstić information content (AvgIpc) is 2.45. The number of para-hydroxylation sites is 1. The summed E-state index contributed by atoms with van der Waals surface area (Å²) in [5.74, 6) is -1.39. The molecule has 3 N–H and O–H groups in total. The number of amides is 1. The van der Waals surface area contributed by atoms with Crippen LogP contribution in [-0.4, -0.2) is 23.5 Å². The van der Waals surface area contributed by atoms with Gasteiger partial charge in [0.2, 0.25) is 5.91 Å². The molecule has 0 aliphatic carbocycles. The molecule has 0 aliphatic rings. The number of anilines is 2. The summed E-state index contributed by atoms with van der Waals surface area (Å²) in [6.07, 6.45) is 0. The van der Waals surface area contributed by atoms with Crippen LogP contribution in [0.4, 0.5) is 11.4 Å². The third-order valence-corrected chi connectivity index (χ3v) is 3.20. The van der Waals surface area contributed by atoms with Crippen LogP contribution in [0.25, 0.3) is 0 Å². The summed E-state index contributed by atoms with van der Waals surface area (Å²) >= 11 is 3.34. The number of carbonyl (C=O) groups excluding carboxylic acids is 1. The summed E-state index contributed by atoms with van der Waals surface area (Å²) in [6, 6.07) is 13.7. The SMILES string of the molecule is O=C(CNc1cccc(Br)c1)Nc1ccccc1C(=O)O. The number of carboxylic acids is 1. The van der Waals surface area contributed by atoms with Crippen LogP contribution in [0, 0.1) is 0 Å². The fourth-order valence-corrected chi connectivity index (χ4v) is 2.15. The van der Waals surface area contributed by atoms with Gasteiger partial charge in [-0.2, -0.15) is 0 Å². The minimum Gasteiger partial charge on any atom is -0.478 e. The van der Waals surface area contributed by atoms with Crippen LogP contribution in [0.1, 0.15) is 10.4 Å². The van der Waals surface area contributed by atoms with E-state index in [1.807, 2.05) is 24.3 Å². The van der Waals surface area contributed by atoms with Crippen molar-refractivity contribution < 1.29 is 14.7 Å². The van der Waals surface area contributed by atoms with Crippen molar-refractivity contribution in [1.29, 1.82) is 0 Å². The maximum atomic E-state index is 11.9. The van der Waals surface area contributed by atoms with Crippen LogP contribution in [0.2, 0.25) is 0 Å². The lowest BCUT2D eigenvalue weighted by Gasteiger charge is -2.10. The van der Waals surface area contributed by atoms with Crippen LogP contribution in [0.15, 0.2) is 53.0 Å². The van der Waals surface area contributed by atoms with E-state index in [4.69, 9.17) is 5.11 Å². The van der Waals surface area contributed by atoms with Gasteiger partial charge in [0.1, 0.15) is 0 Å². The molecular weight excluding hydrogens is 336 g/mol. The van der Waals surface area contributed by atoms with Gasteiger partial charge >= 0.3 is 5.97 Å². The Labute approximate surface area is 130 Å². The quantitative estimate of drug-likeness (QED) is 0.775. The highest BCUT2D eigenvalue weighted by Gasteiger charge is 2.11. The highest BCUT2D eigenvalue weighted by atomic mass is 79.9. The second-order valence-corrected chi connectivity index (χ2v) is 5.18. The van der Waals surface area contributed by atoms with Gasteiger partial charge in [-0.05, 0) is 30.3 Å². The number of hydrogen-bond donors (Lipinski definition) is 3. The van der Waals surface area contributed by atoms with Crippen LogP contribution in [0.5, 0.6) is 0 Å². The highest BCUT2D eigenvalue weighted by Crippen LogP contribution is 2.16. The van der Waals surface area contributed by atoms with Gasteiger partial charge in [-0.3, -0.25) is 4.79 Å². The van der Waals surface area contributed by atoms with Crippen molar-refractivity contribution in [2.24, 2.45) is 0 Å². The van der Waals surface area contributed by atoms with Gasteiger partial charge in [0.25, 0.3) is 0 Å². The third kappa shape index (κ3) is 4.32. The standard InChI is InChI=1S/C15H13BrN2O3/c16-10-4-3-5-11(8-10)17-9-14(19)18-13-7-2-1-6-12(13)15(20)21/h1-8,17H,9H2,(H,18,19)(H,20,21). The monoisotopic (exact) mass is 348 g/mol. The molecule has 0 radical (unpaired) electrons. The molecule has 0 fully saturated rings. The van der Waals surface area contributed by atoms with Crippen LogP contribution in [0.3, 0.4) is 0 Å². The van der Waals surface area contributed by atoms with Crippen molar-refractivity contribution in [2.45, 2.75) is 0 Å². The smallest absolute Gasteiger partial charge is 0.337 e. The van der Waals surface area contributed by atoms with Gasteiger partial charge in [-0.1, -0.05) is 34.1 Å². The van der Waals surface area contributed by atoms with E-state index in [0.717, 1.165) is 10.2 Å². The minimum absolute atomic E-state index is 0.0460. The van der Waals surface area contributed by atoms with Crippen molar-refractivity contribution in [3.8, 4) is 0 Å². The Morgan fingerprint density at radius 3 is 2.57 bits per heavy atom. The number of hydrogen-bond acceptors (Lipinski definition) is 3. The molecule has 21 heavy (non-hydrogen) atoms. The van der Waals surface area contributed by atoms with Crippen molar-refractivity contribution >= 4 is 39.2 Å². The van der Waals surface area contributed by atoms with E-state index >= 15 is 0 Å². The maximum Gasteiger partial charge on any atom is 0.337 e. The van der Waals surface area contributed by atoms with Crippen molar-refractivity contribution in [2.75, 3.05) is 17.2 Å². The van der Waals surface area contributed by atoms with E-state index < -0.39 is 5.97 Å². The first-order valence-electron chi connectivity index (χ1n) is 6.18. The molecule has 0 aromatic heterocycles. The van der Waals surface area contributed by atoms with E-state index in [-0.39, 0.29) is 23.7 Å². The first-order chi connectivity index (χ1) is 10.1. The van der Waals surface area contributed by atoms with Crippen molar-refractivity contribution in [3.05, 3.63) is 58.6 Å². The largest absolute Gasteiger partial charge is 0.478 e. The highest BCUT2D eigenvalue weighted by molar-refractivity contribution is 9.10. The van der Waals surface area contributed by atoms with E-state index in [9.17, 15) is 9.59 Å². The summed E-state index contributed by atoms with van der Waals surface area (Å²) in [5, 5.41) is 14.6. The molecule has 2 rings (SSSR count). The molecule has 0 aliphatic heterocycles. The van der Waals surface area contributed by atoms with Gasteiger partial charge < -0.3 is 15.7 Å². The zero-order valence-corrected chi connectivity index (χ0v) is 12.6. The summed E-state index contributed by atoms with van der Waals surface area (Å²) in [5.41, 5.74) is 1.14. The van der Waals surface area contributed by atoms with E-state index in [1.54, 1.807) is 18.2 Å². The maximum absolute atomic E-state index is 11.9. The Bertz CT molecular complexity index is 673. The Morgan fingerprint density at radius 1 is 1.10 bits per heavy atom. The minimum atomic E-state index is -1.08. The molecular formula is C15H13BrN2O3. The van der Waals surface area contributed by atoms with Crippen LogP contribution < -0.4 is 10.6 Å². The molecule has 0 bridgehead atoms. The fourth-order valence-electron chi connectivity index (χ4n) is 1.75. The topological polar surface area (TPSA) is 78.4 Å². The zero-order chi connectivity index (χ0) is 15.2. The molecule has 0 heterocycles. The molecule has 0 unspecified atom stereocenters. The summed E-state index contributed by atoms with van der Waals surface area (Å²) in [7, 11) is 0. The lowest BCUT2D eigenvalue weighted by Crippen LogP contribution is -2.22. The van der Waals surface area contributed by atoms with E-state index in [0.29, 0.717) is 0 Å². The van der Waals surface area contributed by atoms with Gasteiger partial charge in [-0.15, -0.1) is 0 Å². The van der Waals surface area contributed by atoms with Gasteiger partial charge in [0.15, 0.2) is 0 Å². The number of carbonyl (C=O) groups is 2. The van der Waals surface area contributed by atoms with Crippen molar-refractivity contribution in [3.63, 3.8) is 0 Å².